The van der Waals surface area contributed by atoms with Gasteiger partial charge in [0.2, 0.25) is 11.8 Å². The van der Waals surface area contributed by atoms with Gasteiger partial charge in [-0.15, -0.1) is 0 Å². The van der Waals surface area contributed by atoms with Gasteiger partial charge < -0.3 is 14.8 Å². The maximum Gasteiger partial charge on any atom is 0.226 e. The molecule has 1 aliphatic heterocycles. The predicted molar refractivity (Wildman–Crippen MR) is 60.8 cm³/mol. The minimum absolute atomic E-state index is 0.147. The van der Waals surface area contributed by atoms with Crippen molar-refractivity contribution in [1.82, 2.24) is 9.97 Å². The lowest BCUT2D eigenvalue weighted by molar-refractivity contribution is -0.0813. The zero-order valence-corrected chi connectivity index (χ0v) is 9.69. The monoisotopic (exact) mass is 223 g/mol. The Morgan fingerprint density at radius 2 is 2.31 bits per heavy atom. The van der Waals surface area contributed by atoms with E-state index in [-0.39, 0.29) is 6.10 Å². The third kappa shape index (κ3) is 2.82. The molecule has 0 amide bonds. The van der Waals surface area contributed by atoms with Crippen molar-refractivity contribution >= 4 is 5.95 Å². The highest BCUT2D eigenvalue weighted by Gasteiger charge is 2.20. The van der Waals surface area contributed by atoms with Crippen molar-refractivity contribution in [3.05, 3.63) is 11.8 Å². The summed E-state index contributed by atoms with van der Waals surface area (Å²) in [6.07, 6.45) is 1.19. The summed E-state index contributed by atoms with van der Waals surface area (Å²) in [5.74, 6) is 1.26. The molecule has 0 spiro atoms. The lowest BCUT2D eigenvalue weighted by Crippen LogP contribution is -2.38. The average molecular weight is 223 g/mol. The molecule has 2 heterocycles. The molecule has 0 aromatic carbocycles. The van der Waals surface area contributed by atoms with E-state index in [0.29, 0.717) is 25.0 Å². The van der Waals surface area contributed by atoms with Crippen molar-refractivity contribution in [3.63, 3.8) is 0 Å². The van der Waals surface area contributed by atoms with Gasteiger partial charge in [-0.1, -0.05) is 6.92 Å². The van der Waals surface area contributed by atoms with Crippen LogP contribution < -0.4 is 10.1 Å². The van der Waals surface area contributed by atoms with Crippen LogP contribution in [-0.2, 0) is 4.74 Å². The molecule has 1 aromatic rings. The van der Waals surface area contributed by atoms with Gasteiger partial charge >= 0.3 is 0 Å². The van der Waals surface area contributed by atoms with Crippen LogP contribution in [0.1, 0.15) is 19.0 Å². The molecule has 0 saturated carbocycles. The second-order valence-corrected chi connectivity index (χ2v) is 3.88. The van der Waals surface area contributed by atoms with Crippen LogP contribution in [0.3, 0.4) is 0 Å². The Bertz CT molecular complexity index is 353. The molecule has 0 bridgehead atoms. The number of hydrogen-bond donors (Lipinski definition) is 1. The van der Waals surface area contributed by atoms with E-state index in [1.54, 1.807) is 0 Å². The Kier molecular flexibility index (Phi) is 3.56. The number of hydrogen-bond acceptors (Lipinski definition) is 5. The molecular formula is C11H17N3O2. The zero-order valence-electron chi connectivity index (χ0n) is 9.69. The minimum Gasteiger partial charge on any atom is -0.469 e. The number of aryl methyl sites for hydroxylation is 1. The number of nitrogens with one attached hydrogen (secondary N) is 1. The number of rotatable bonds is 5. The molecule has 16 heavy (non-hydrogen) atoms. The molecule has 1 aliphatic rings. The Balaban J connectivity index is 2.02. The largest absolute Gasteiger partial charge is 0.469 e. The van der Waals surface area contributed by atoms with Crippen molar-refractivity contribution in [1.29, 1.82) is 0 Å². The highest BCUT2D eigenvalue weighted by Crippen LogP contribution is 2.16. The lowest BCUT2D eigenvalue weighted by Gasteiger charge is -2.26. The molecule has 0 unspecified atom stereocenters. The molecule has 2 rings (SSSR count). The number of ether oxygens (including phenoxy) is 2. The first kappa shape index (κ1) is 11.1. The number of nitrogens with zero attached hydrogens (tertiary/aromatic N) is 2. The Labute approximate surface area is 95.2 Å². The van der Waals surface area contributed by atoms with E-state index >= 15 is 0 Å². The van der Waals surface area contributed by atoms with Gasteiger partial charge in [-0.05, 0) is 13.3 Å². The quantitative estimate of drug-likeness (QED) is 0.817. The van der Waals surface area contributed by atoms with Crippen molar-refractivity contribution in [3.8, 4) is 5.88 Å². The molecule has 88 valence electrons. The second kappa shape index (κ2) is 5.12. The summed E-state index contributed by atoms with van der Waals surface area (Å²) in [4.78, 5) is 8.58. The van der Waals surface area contributed by atoms with Crippen LogP contribution in [0.2, 0.25) is 0 Å². The van der Waals surface area contributed by atoms with Crippen molar-refractivity contribution in [2.75, 3.05) is 25.1 Å². The summed E-state index contributed by atoms with van der Waals surface area (Å²) < 4.78 is 10.7. The van der Waals surface area contributed by atoms with Crippen molar-refractivity contribution in [2.24, 2.45) is 0 Å². The Hall–Kier alpha value is -1.36. The first-order valence-electron chi connectivity index (χ1n) is 5.62. The third-order valence-electron chi connectivity index (χ3n) is 2.26. The van der Waals surface area contributed by atoms with Gasteiger partial charge in [0.1, 0.15) is 6.10 Å². The summed E-state index contributed by atoms with van der Waals surface area (Å²) in [6, 6.07) is 1.84. The van der Waals surface area contributed by atoms with Gasteiger partial charge in [0.05, 0.1) is 13.2 Å². The van der Waals surface area contributed by atoms with E-state index in [0.717, 1.165) is 18.7 Å². The number of anilines is 1. The van der Waals surface area contributed by atoms with Gasteiger partial charge in [-0.25, -0.2) is 4.98 Å². The fourth-order valence-electron chi connectivity index (χ4n) is 1.37. The molecular weight excluding hydrogens is 206 g/mol. The van der Waals surface area contributed by atoms with Crippen molar-refractivity contribution < 1.29 is 9.47 Å². The number of aromatic nitrogens is 2. The molecule has 1 aromatic heterocycles. The minimum atomic E-state index is 0.147. The van der Waals surface area contributed by atoms with Gasteiger partial charge in [0.25, 0.3) is 0 Å². The van der Waals surface area contributed by atoms with Crippen LogP contribution >= 0.6 is 0 Å². The Morgan fingerprint density at radius 1 is 1.50 bits per heavy atom. The molecule has 0 radical (unpaired) electrons. The van der Waals surface area contributed by atoms with E-state index in [4.69, 9.17) is 9.47 Å². The maximum absolute atomic E-state index is 5.64. The normalized spacial score (nSPS) is 15.6. The highest BCUT2D eigenvalue weighted by molar-refractivity contribution is 5.30. The fraction of sp³-hybridized carbons (Fsp3) is 0.636. The Morgan fingerprint density at radius 3 is 2.94 bits per heavy atom. The predicted octanol–water partition coefficient (Wildman–Crippen LogP) is 1.38. The van der Waals surface area contributed by atoms with Crippen LogP contribution in [-0.4, -0.2) is 35.8 Å². The maximum atomic E-state index is 5.64. The first-order chi connectivity index (χ1) is 7.78. The van der Waals surface area contributed by atoms with Gasteiger partial charge in [0, 0.05) is 18.3 Å². The molecule has 1 N–H and O–H groups in total. The molecule has 1 saturated heterocycles. The van der Waals surface area contributed by atoms with Crippen molar-refractivity contribution in [2.45, 2.75) is 26.4 Å². The highest BCUT2D eigenvalue weighted by atomic mass is 16.6. The van der Waals surface area contributed by atoms with Crippen LogP contribution in [0, 0.1) is 6.92 Å². The fourth-order valence-corrected chi connectivity index (χ4v) is 1.37. The second-order valence-electron chi connectivity index (χ2n) is 3.88. The summed E-state index contributed by atoms with van der Waals surface area (Å²) in [7, 11) is 0. The van der Waals surface area contributed by atoms with Crippen LogP contribution in [0.4, 0.5) is 5.95 Å². The average Bonchev–Trinajstić information content (AvgIpc) is 2.20. The third-order valence-corrected chi connectivity index (χ3v) is 2.26. The van der Waals surface area contributed by atoms with E-state index in [1.165, 1.54) is 0 Å². The van der Waals surface area contributed by atoms with E-state index in [9.17, 15) is 0 Å². The zero-order chi connectivity index (χ0) is 11.4. The molecule has 1 fully saturated rings. The lowest BCUT2D eigenvalue weighted by atomic mass is 10.3. The van der Waals surface area contributed by atoms with E-state index in [2.05, 4.69) is 22.2 Å². The standard InChI is InChI=1S/C11H17N3O2/c1-3-4-12-11-13-8(2)5-10(14-11)16-9-6-15-7-9/h5,9H,3-4,6-7H2,1-2H3,(H,12,13,14). The smallest absolute Gasteiger partial charge is 0.226 e. The van der Waals surface area contributed by atoms with Gasteiger partial charge in [-0.2, -0.15) is 4.98 Å². The molecule has 5 heteroatoms. The topological polar surface area (TPSA) is 56.3 Å². The summed E-state index contributed by atoms with van der Waals surface area (Å²) in [5, 5.41) is 3.15. The summed E-state index contributed by atoms with van der Waals surface area (Å²) >= 11 is 0. The van der Waals surface area contributed by atoms with E-state index < -0.39 is 0 Å². The van der Waals surface area contributed by atoms with Gasteiger partial charge in [-0.3, -0.25) is 0 Å². The molecule has 0 atom stereocenters. The van der Waals surface area contributed by atoms with E-state index in [1.807, 2.05) is 13.0 Å². The summed E-state index contributed by atoms with van der Waals surface area (Å²) in [6.45, 7) is 6.21. The van der Waals surface area contributed by atoms with Crippen LogP contribution in [0.25, 0.3) is 0 Å². The van der Waals surface area contributed by atoms with Crippen LogP contribution in [0.15, 0.2) is 6.07 Å². The molecule has 5 nitrogen and oxygen atoms in total. The van der Waals surface area contributed by atoms with Gasteiger partial charge in [0.15, 0.2) is 0 Å². The van der Waals surface area contributed by atoms with Crippen LogP contribution in [0.5, 0.6) is 5.88 Å². The first-order valence-corrected chi connectivity index (χ1v) is 5.62. The molecule has 0 aliphatic carbocycles. The SMILES string of the molecule is CCCNc1nc(C)cc(OC2COC2)n1. The summed E-state index contributed by atoms with van der Waals surface area (Å²) in [5.41, 5.74) is 0.906.